The molecule has 1 aliphatic rings. The summed E-state index contributed by atoms with van der Waals surface area (Å²) >= 11 is 0. The Morgan fingerprint density at radius 1 is 1.19 bits per heavy atom. The van der Waals surface area contributed by atoms with E-state index >= 15 is 0 Å². The second-order valence-electron chi connectivity index (χ2n) is 6.32. The first-order valence-electron chi connectivity index (χ1n) is 8.70. The summed E-state index contributed by atoms with van der Waals surface area (Å²) in [4.78, 5) is 31.7. The zero-order valence-corrected chi connectivity index (χ0v) is 14.2. The standard InChI is InChI=1S/C20H19N3O3/c24-19(22-14-11-12-26-18-8-4-1-5-13(14)18)10-9-17-20(25)23-16-7-3-2-6-15(16)21-17/h1-8,14H,9-12H2,(H,22,24)(H,23,25). The van der Waals surface area contributed by atoms with Gasteiger partial charge in [-0.05, 0) is 18.2 Å². The van der Waals surface area contributed by atoms with Crippen LogP contribution in [-0.2, 0) is 11.2 Å². The van der Waals surface area contributed by atoms with Gasteiger partial charge >= 0.3 is 0 Å². The number of ether oxygens (including phenoxy) is 1. The molecule has 6 heteroatoms. The molecule has 0 aliphatic carbocycles. The van der Waals surface area contributed by atoms with Crippen LogP contribution in [0.4, 0.5) is 0 Å². The minimum atomic E-state index is -0.243. The number of nitrogens with zero attached hydrogens (tertiary/aromatic N) is 1. The largest absolute Gasteiger partial charge is 0.493 e. The average molecular weight is 349 g/mol. The van der Waals surface area contributed by atoms with E-state index in [2.05, 4.69) is 15.3 Å². The van der Waals surface area contributed by atoms with Crippen LogP contribution in [0, 0.1) is 0 Å². The highest BCUT2D eigenvalue weighted by Gasteiger charge is 2.22. The lowest BCUT2D eigenvalue weighted by atomic mass is 10.0. The van der Waals surface area contributed by atoms with Crippen molar-refractivity contribution in [3.05, 3.63) is 70.1 Å². The van der Waals surface area contributed by atoms with Crippen molar-refractivity contribution in [1.29, 1.82) is 0 Å². The molecule has 1 atom stereocenters. The first kappa shape index (κ1) is 16.3. The van der Waals surface area contributed by atoms with Gasteiger partial charge in [0.2, 0.25) is 5.91 Å². The van der Waals surface area contributed by atoms with Gasteiger partial charge in [-0.3, -0.25) is 9.59 Å². The summed E-state index contributed by atoms with van der Waals surface area (Å²) in [6.45, 7) is 0.577. The summed E-state index contributed by atoms with van der Waals surface area (Å²) in [7, 11) is 0. The molecule has 132 valence electrons. The summed E-state index contributed by atoms with van der Waals surface area (Å²) in [5.41, 5.74) is 2.55. The lowest BCUT2D eigenvalue weighted by molar-refractivity contribution is -0.122. The van der Waals surface area contributed by atoms with Crippen molar-refractivity contribution < 1.29 is 9.53 Å². The zero-order chi connectivity index (χ0) is 17.9. The number of amides is 1. The molecular formula is C20H19N3O3. The molecule has 26 heavy (non-hydrogen) atoms. The molecule has 0 saturated carbocycles. The molecule has 0 radical (unpaired) electrons. The molecule has 1 aromatic heterocycles. The Hall–Kier alpha value is -3.15. The van der Waals surface area contributed by atoms with Gasteiger partial charge < -0.3 is 15.0 Å². The molecule has 2 aromatic carbocycles. The van der Waals surface area contributed by atoms with Gasteiger partial charge in [-0.1, -0.05) is 30.3 Å². The first-order chi connectivity index (χ1) is 12.7. The van der Waals surface area contributed by atoms with E-state index in [1.165, 1.54) is 0 Å². The van der Waals surface area contributed by atoms with E-state index in [-0.39, 0.29) is 23.9 Å². The van der Waals surface area contributed by atoms with E-state index < -0.39 is 0 Å². The molecule has 1 amide bonds. The van der Waals surface area contributed by atoms with Crippen LogP contribution in [0.15, 0.2) is 53.3 Å². The van der Waals surface area contributed by atoms with Crippen molar-refractivity contribution in [2.75, 3.05) is 6.61 Å². The van der Waals surface area contributed by atoms with Gasteiger partial charge in [-0.2, -0.15) is 0 Å². The predicted octanol–water partition coefficient (Wildman–Crippen LogP) is 2.50. The molecule has 0 spiro atoms. The second kappa shape index (κ2) is 7.00. The Morgan fingerprint density at radius 3 is 2.92 bits per heavy atom. The number of benzene rings is 2. The van der Waals surface area contributed by atoms with Crippen LogP contribution in [0.25, 0.3) is 11.0 Å². The minimum absolute atomic E-state index is 0.0599. The highest BCUT2D eigenvalue weighted by atomic mass is 16.5. The average Bonchev–Trinajstić information content (AvgIpc) is 2.66. The maximum atomic E-state index is 12.4. The van der Waals surface area contributed by atoms with E-state index in [0.717, 1.165) is 23.3 Å². The van der Waals surface area contributed by atoms with Crippen LogP contribution in [0.1, 0.15) is 30.1 Å². The number of carbonyl (C=O) groups excluding carboxylic acids is 1. The number of H-pyrrole nitrogens is 1. The van der Waals surface area contributed by atoms with Crippen LogP contribution in [0.3, 0.4) is 0 Å². The molecule has 1 aliphatic heterocycles. The van der Waals surface area contributed by atoms with E-state index in [9.17, 15) is 9.59 Å². The number of nitrogens with one attached hydrogen (secondary N) is 2. The Bertz CT molecular complexity index is 1010. The minimum Gasteiger partial charge on any atom is -0.493 e. The van der Waals surface area contributed by atoms with Crippen molar-refractivity contribution in [1.82, 2.24) is 15.3 Å². The Labute approximate surface area is 150 Å². The molecule has 6 nitrogen and oxygen atoms in total. The van der Waals surface area contributed by atoms with Crippen LogP contribution < -0.4 is 15.6 Å². The van der Waals surface area contributed by atoms with Crippen LogP contribution >= 0.6 is 0 Å². The zero-order valence-electron chi connectivity index (χ0n) is 14.2. The van der Waals surface area contributed by atoms with Gasteiger partial charge in [0.15, 0.2) is 0 Å². The summed E-state index contributed by atoms with van der Waals surface area (Å²) in [5.74, 6) is 0.720. The normalized spacial score (nSPS) is 15.9. The van der Waals surface area contributed by atoms with Crippen LogP contribution in [0.5, 0.6) is 5.75 Å². The monoisotopic (exact) mass is 349 g/mol. The van der Waals surface area contributed by atoms with E-state index in [1.54, 1.807) is 0 Å². The number of aromatic nitrogens is 2. The number of para-hydroxylation sites is 3. The summed E-state index contributed by atoms with van der Waals surface area (Å²) < 4.78 is 5.61. The molecule has 1 unspecified atom stereocenters. The highest BCUT2D eigenvalue weighted by molar-refractivity contribution is 5.77. The summed E-state index contributed by atoms with van der Waals surface area (Å²) in [5, 5.41) is 3.04. The molecule has 2 heterocycles. The number of hydrogen-bond donors (Lipinski definition) is 2. The third-order valence-electron chi connectivity index (χ3n) is 4.55. The van der Waals surface area contributed by atoms with Gasteiger partial charge in [0.25, 0.3) is 5.56 Å². The third kappa shape index (κ3) is 3.31. The van der Waals surface area contributed by atoms with E-state index in [1.807, 2.05) is 48.5 Å². The quantitative estimate of drug-likeness (QED) is 0.758. The number of hydrogen-bond acceptors (Lipinski definition) is 4. The molecule has 0 saturated heterocycles. The molecule has 0 bridgehead atoms. The smallest absolute Gasteiger partial charge is 0.270 e. The molecule has 2 N–H and O–H groups in total. The number of fused-ring (bicyclic) bond motifs is 2. The summed E-state index contributed by atoms with van der Waals surface area (Å²) in [6, 6.07) is 15.0. The van der Waals surface area contributed by atoms with Gasteiger partial charge in [-0.25, -0.2) is 4.98 Å². The maximum Gasteiger partial charge on any atom is 0.270 e. The fourth-order valence-electron chi connectivity index (χ4n) is 3.23. The fourth-order valence-corrected chi connectivity index (χ4v) is 3.23. The first-order valence-corrected chi connectivity index (χ1v) is 8.70. The van der Waals surface area contributed by atoms with Crippen LogP contribution in [-0.4, -0.2) is 22.5 Å². The van der Waals surface area contributed by atoms with Gasteiger partial charge in [0.1, 0.15) is 11.4 Å². The lowest BCUT2D eigenvalue weighted by Crippen LogP contribution is -2.32. The Balaban J connectivity index is 1.44. The van der Waals surface area contributed by atoms with Crippen molar-refractivity contribution in [2.45, 2.75) is 25.3 Å². The maximum absolute atomic E-state index is 12.4. The van der Waals surface area contributed by atoms with Crippen molar-refractivity contribution >= 4 is 16.9 Å². The Kier molecular flexibility index (Phi) is 4.39. The lowest BCUT2D eigenvalue weighted by Gasteiger charge is -2.26. The molecule has 4 rings (SSSR count). The van der Waals surface area contributed by atoms with E-state index in [4.69, 9.17) is 4.74 Å². The molecule has 0 fully saturated rings. The van der Waals surface area contributed by atoms with Crippen molar-refractivity contribution in [3.63, 3.8) is 0 Å². The third-order valence-corrected chi connectivity index (χ3v) is 4.55. The molecule has 3 aromatic rings. The number of carbonyl (C=O) groups is 1. The predicted molar refractivity (Wildman–Crippen MR) is 98.1 cm³/mol. The second-order valence-corrected chi connectivity index (χ2v) is 6.32. The van der Waals surface area contributed by atoms with Crippen molar-refractivity contribution in [2.24, 2.45) is 0 Å². The van der Waals surface area contributed by atoms with E-state index in [0.29, 0.717) is 24.2 Å². The number of aromatic amines is 1. The topological polar surface area (TPSA) is 84.1 Å². The number of rotatable bonds is 4. The highest BCUT2D eigenvalue weighted by Crippen LogP contribution is 2.31. The van der Waals surface area contributed by atoms with Crippen molar-refractivity contribution in [3.8, 4) is 5.75 Å². The van der Waals surface area contributed by atoms with Gasteiger partial charge in [0.05, 0.1) is 23.7 Å². The SMILES string of the molecule is O=C(CCc1nc2ccccc2[nH]c1=O)NC1CCOc2ccccc21. The molecular weight excluding hydrogens is 330 g/mol. The number of aryl methyl sites for hydroxylation is 1. The van der Waals surface area contributed by atoms with Crippen LogP contribution in [0.2, 0.25) is 0 Å². The van der Waals surface area contributed by atoms with Gasteiger partial charge in [0, 0.05) is 24.8 Å². The Morgan fingerprint density at radius 2 is 2.00 bits per heavy atom. The fraction of sp³-hybridized carbons (Fsp3) is 0.250. The van der Waals surface area contributed by atoms with Gasteiger partial charge in [-0.15, -0.1) is 0 Å². The summed E-state index contributed by atoms with van der Waals surface area (Å²) in [6.07, 6.45) is 1.25.